The highest BCUT2D eigenvalue weighted by atomic mass is 16.5. The first kappa shape index (κ1) is 26.9. The predicted molar refractivity (Wildman–Crippen MR) is 130 cm³/mol. The van der Waals surface area contributed by atoms with Gasteiger partial charge in [-0.1, -0.05) is 71.8 Å². The van der Waals surface area contributed by atoms with Crippen LogP contribution < -0.4 is 0 Å². The van der Waals surface area contributed by atoms with Gasteiger partial charge >= 0.3 is 11.9 Å². The van der Waals surface area contributed by atoms with E-state index in [9.17, 15) is 9.59 Å². The fraction of sp³-hybridized carbons (Fsp3) is 0.357. The van der Waals surface area contributed by atoms with Gasteiger partial charge in [-0.2, -0.15) is 0 Å². The number of benzene rings is 2. The highest BCUT2D eigenvalue weighted by Crippen LogP contribution is 2.09. The van der Waals surface area contributed by atoms with Gasteiger partial charge in [-0.15, -0.1) is 0 Å². The molecule has 0 unspecified atom stereocenters. The Morgan fingerprint density at radius 1 is 0.656 bits per heavy atom. The van der Waals surface area contributed by atoms with Crippen molar-refractivity contribution in [1.82, 2.24) is 0 Å². The molecule has 2 aromatic rings. The van der Waals surface area contributed by atoms with Crippen molar-refractivity contribution >= 4 is 11.9 Å². The zero-order valence-corrected chi connectivity index (χ0v) is 19.8. The minimum absolute atomic E-state index is 0.243. The average Bonchev–Trinajstić information content (AvgIpc) is 2.78. The zero-order valence-electron chi connectivity index (χ0n) is 19.8. The first-order valence-corrected chi connectivity index (χ1v) is 11.2. The maximum absolute atomic E-state index is 11.2. The summed E-state index contributed by atoms with van der Waals surface area (Å²) in [6, 6.07) is 20.5. The van der Waals surface area contributed by atoms with Gasteiger partial charge in [0.1, 0.15) is 0 Å². The van der Waals surface area contributed by atoms with Crippen LogP contribution in [0.5, 0.6) is 0 Å². The van der Waals surface area contributed by atoms with E-state index in [1.807, 2.05) is 64.1 Å². The maximum Gasteiger partial charge on any atom is 0.330 e. The number of carbonyl (C=O) groups is 2. The highest BCUT2D eigenvalue weighted by Gasteiger charge is 2.00. The molecule has 0 aliphatic rings. The molecule has 0 atom stereocenters. The number of aryl methyl sites for hydroxylation is 2. The van der Waals surface area contributed by atoms with E-state index in [1.165, 1.54) is 11.1 Å². The Hall–Kier alpha value is -3.14. The summed E-state index contributed by atoms with van der Waals surface area (Å²) in [6.45, 7) is 8.40. The third-order valence-corrected chi connectivity index (χ3v) is 4.60. The largest absolute Gasteiger partial charge is 0.463 e. The van der Waals surface area contributed by atoms with Crippen molar-refractivity contribution in [3.05, 3.63) is 95.1 Å². The molecule has 0 amide bonds. The van der Waals surface area contributed by atoms with Crippen molar-refractivity contribution < 1.29 is 19.1 Å². The van der Waals surface area contributed by atoms with Crippen LogP contribution in [0, 0.1) is 0 Å². The third-order valence-electron chi connectivity index (χ3n) is 4.60. The Kier molecular flexibility index (Phi) is 13.9. The van der Waals surface area contributed by atoms with Crippen molar-refractivity contribution in [2.45, 2.75) is 53.4 Å². The van der Waals surface area contributed by atoms with Gasteiger partial charge in [-0.3, -0.25) is 0 Å². The number of hydrogen-bond acceptors (Lipinski definition) is 4. The highest BCUT2D eigenvalue weighted by molar-refractivity contribution is 5.83. The van der Waals surface area contributed by atoms with Gasteiger partial charge in [-0.05, 0) is 64.5 Å². The molecule has 0 radical (unpaired) electrons. The second-order valence-electron chi connectivity index (χ2n) is 7.46. The number of rotatable bonds is 10. The Morgan fingerprint density at radius 2 is 1.00 bits per heavy atom. The van der Waals surface area contributed by atoms with Crippen molar-refractivity contribution in [2.75, 3.05) is 13.2 Å². The van der Waals surface area contributed by atoms with Gasteiger partial charge in [0, 0.05) is 12.2 Å². The number of hydrogen-bond donors (Lipinski definition) is 0. The summed E-state index contributed by atoms with van der Waals surface area (Å²) >= 11 is 0. The topological polar surface area (TPSA) is 52.6 Å². The van der Waals surface area contributed by atoms with Crippen LogP contribution in [0.3, 0.4) is 0 Å². The monoisotopic (exact) mass is 436 g/mol. The number of ether oxygens (including phenoxy) is 2. The molecule has 0 N–H and O–H groups in total. The number of carbonyl (C=O) groups excluding carboxylic acids is 2. The molecule has 0 spiro atoms. The van der Waals surface area contributed by atoms with Crippen molar-refractivity contribution in [3.8, 4) is 0 Å². The molecule has 172 valence electrons. The molecule has 0 fully saturated rings. The minimum Gasteiger partial charge on any atom is -0.463 e. The normalized spacial score (nSPS) is 11.2. The summed E-state index contributed by atoms with van der Waals surface area (Å²) in [4.78, 5) is 22.3. The van der Waals surface area contributed by atoms with Crippen LogP contribution in [0.15, 0.2) is 84.0 Å². The van der Waals surface area contributed by atoms with E-state index in [2.05, 4.69) is 24.3 Å². The van der Waals surface area contributed by atoms with Crippen LogP contribution >= 0.6 is 0 Å². The lowest BCUT2D eigenvalue weighted by Gasteiger charge is -2.02. The average molecular weight is 437 g/mol. The maximum atomic E-state index is 11.2. The molecular weight excluding hydrogens is 400 g/mol. The van der Waals surface area contributed by atoms with Gasteiger partial charge in [0.25, 0.3) is 0 Å². The van der Waals surface area contributed by atoms with Gasteiger partial charge < -0.3 is 9.47 Å². The lowest BCUT2D eigenvalue weighted by molar-refractivity contribution is -0.138. The lowest BCUT2D eigenvalue weighted by atomic mass is 10.1. The molecule has 4 nitrogen and oxygen atoms in total. The molecule has 0 saturated heterocycles. The SMILES string of the molecule is CCOC(=O)/C=C(/C)CCc1ccccc1.CCOC(=O)/C=C(\C)CCc1ccccc1. The molecular formula is C28H36O4. The molecule has 32 heavy (non-hydrogen) atoms. The summed E-state index contributed by atoms with van der Waals surface area (Å²) in [6.07, 6.45) is 6.86. The predicted octanol–water partition coefficient (Wildman–Crippen LogP) is 6.26. The number of esters is 2. The van der Waals surface area contributed by atoms with E-state index in [0.29, 0.717) is 13.2 Å². The van der Waals surface area contributed by atoms with Crippen molar-refractivity contribution in [2.24, 2.45) is 0 Å². The standard InChI is InChI=1S/2C14H18O2/c2*1-3-16-14(15)11-12(2)9-10-13-7-5-4-6-8-13/h2*4-8,11H,3,9-10H2,1-2H3/b12-11+;12-11-. The number of allylic oxidation sites excluding steroid dienone is 2. The fourth-order valence-corrected chi connectivity index (χ4v) is 2.89. The van der Waals surface area contributed by atoms with Crippen LogP contribution in [0.1, 0.15) is 51.7 Å². The summed E-state index contributed by atoms with van der Waals surface area (Å²) < 4.78 is 9.70. The smallest absolute Gasteiger partial charge is 0.330 e. The molecule has 0 aromatic heterocycles. The quantitative estimate of drug-likeness (QED) is 0.326. The van der Waals surface area contributed by atoms with E-state index in [1.54, 1.807) is 12.2 Å². The second-order valence-corrected chi connectivity index (χ2v) is 7.46. The summed E-state index contributed by atoms with van der Waals surface area (Å²) in [5.74, 6) is -0.485. The van der Waals surface area contributed by atoms with Crippen molar-refractivity contribution in [1.29, 1.82) is 0 Å². The Bertz CT molecular complexity index is 778. The van der Waals surface area contributed by atoms with Crippen LogP contribution in [0.4, 0.5) is 0 Å². The minimum atomic E-state index is -0.243. The summed E-state index contributed by atoms with van der Waals surface area (Å²) in [5.41, 5.74) is 4.70. The van der Waals surface area contributed by atoms with Crippen LogP contribution in [0.25, 0.3) is 0 Å². The van der Waals surface area contributed by atoms with Gasteiger partial charge in [0.05, 0.1) is 13.2 Å². The molecule has 0 saturated carbocycles. The van der Waals surface area contributed by atoms with E-state index in [4.69, 9.17) is 9.47 Å². The Labute approximate surface area is 193 Å². The first-order chi connectivity index (χ1) is 15.4. The van der Waals surface area contributed by atoms with Crippen molar-refractivity contribution in [3.63, 3.8) is 0 Å². The van der Waals surface area contributed by atoms with Gasteiger partial charge in [-0.25, -0.2) is 9.59 Å². The van der Waals surface area contributed by atoms with Crippen LogP contribution in [0.2, 0.25) is 0 Å². The Balaban J connectivity index is 0.000000320. The molecule has 4 heteroatoms. The van der Waals surface area contributed by atoms with Crippen LogP contribution in [-0.4, -0.2) is 25.2 Å². The van der Waals surface area contributed by atoms with E-state index in [0.717, 1.165) is 36.8 Å². The molecule has 0 heterocycles. The van der Waals surface area contributed by atoms with E-state index >= 15 is 0 Å². The molecule has 0 bridgehead atoms. The summed E-state index contributed by atoms with van der Waals surface area (Å²) in [7, 11) is 0. The summed E-state index contributed by atoms with van der Waals surface area (Å²) in [5, 5.41) is 0. The molecule has 0 aliphatic carbocycles. The zero-order chi connectivity index (χ0) is 23.6. The fourth-order valence-electron chi connectivity index (χ4n) is 2.89. The molecule has 2 aromatic carbocycles. The lowest BCUT2D eigenvalue weighted by Crippen LogP contribution is -2.00. The molecule has 2 rings (SSSR count). The van der Waals surface area contributed by atoms with E-state index in [-0.39, 0.29) is 11.9 Å². The van der Waals surface area contributed by atoms with Gasteiger partial charge in [0.15, 0.2) is 0 Å². The Morgan fingerprint density at radius 3 is 1.31 bits per heavy atom. The third kappa shape index (κ3) is 13.2. The van der Waals surface area contributed by atoms with Gasteiger partial charge in [0.2, 0.25) is 0 Å². The van der Waals surface area contributed by atoms with Crippen LogP contribution in [-0.2, 0) is 31.9 Å². The van der Waals surface area contributed by atoms with E-state index < -0.39 is 0 Å². The molecule has 0 aliphatic heterocycles. The first-order valence-electron chi connectivity index (χ1n) is 11.2. The second kappa shape index (κ2) is 16.5.